The number of hydrogen-bond acceptors (Lipinski definition) is 6. The molecule has 2 heterocycles. The van der Waals surface area contributed by atoms with Crippen LogP contribution in [0.4, 0.5) is 11.4 Å². The number of rotatable bonds is 5. The Morgan fingerprint density at radius 2 is 1.87 bits per heavy atom. The van der Waals surface area contributed by atoms with Crippen LogP contribution in [0.2, 0.25) is 0 Å². The molecule has 0 aliphatic carbocycles. The van der Waals surface area contributed by atoms with Crippen molar-refractivity contribution in [1.29, 1.82) is 0 Å². The highest BCUT2D eigenvalue weighted by atomic mass is 32.2. The Labute approximate surface area is 179 Å². The fourth-order valence-corrected chi connectivity index (χ4v) is 3.97. The minimum absolute atomic E-state index is 0.123. The zero-order valence-electron chi connectivity index (χ0n) is 16.8. The number of thioether (sulfide) groups is 1. The Bertz CT molecular complexity index is 988. The predicted molar refractivity (Wildman–Crippen MR) is 121 cm³/mol. The van der Waals surface area contributed by atoms with Crippen molar-refractivity contribution in [2.45, 2.75) is 25.9 Å². The quantitative estimate of drug-likeness (QED) is 0.773. The molecule has 2 aliphatic rings. The lowest BCUT2D eigenvalue weighted by Gasteiger charge is -2.31. The van der Waals surface area contributed by atoms with Gasteiger partial charge in [-0.05, 0) is 35.7 Å². The molecular weight excluding hydrogens is 398 g/mol. The molecule has 0 bridgehead atoms. The van der Waals surface area contributed by atoms with Gasteiger partial charge in [0.15, 0.2) is 5.17 Å². The summed E-state index contributed by atoms with van der Waals surface area (Å²) < 4.78 is 0. The van der Waals surface area contributed by atoms with Gasteiger partial charge in [0.25, 0.3) is 5.91 Å². The first-order valence-corrected chi connectivity index (χ1v) is 10.7. The van der Waals surface area contributed by atoms with Crippen LogP contribution in [0.3, 0.4) is 0 Å². The number of amides is 2. The summed E-state index contributed by atoms with van der Waals surface area (Å²) in [4.78, 5) is 28.5. The molecule has 2 amide bonds. The van der Waals surface area contributed by atoms with Gasteiger partial charge in [0.05, 0.1) is 5.75 Å². The number of nitrogens with zero attached hydrogens (tertiary/aromatic N) is 3. The number of anilines is 2. The molecule has 0 saturated heterocycles. The topological polar surface area (TPSA) is 77.0 Å². The van der Waals surface area contributed by atoms with Crippen LogP contribution in [0.5, 0.6) is 0 Å². The monoisotopic (exact) mass is 421 g/mol. The van der Waals surface area contributed by atoms with Gasteiger partial charge in [-0.1, -0.05) is 55.9 Å². The van der Waals surface area contributed by atoms with E-state index >= 15 is 0 Å². The number of fused-ring (bicyclic) bond motifs is 1. The molecule has 8 heteroatoms. The molecular formula is C22H23N5O2S. The molecule has 0 spiro atoms. The van der Waals surface area contributed by atoms with Crippen molar-refractivity contribution in [3.8, 4) is 0 Å². The van der Waals surface area contributed by atoms with Crippen molar-refractivity contribution < 1.29 is 9.59 Å². The number of para-hydroxylation sites is 1. The van der Waals surface area contributed by atoms with E-state index in [1.807, 2.05) is 54.6 Å². The first kappa shape index (κ1) is 20.0. The van der Waals surface area contributed by atoms with E-state index in [1.165, 1.54) is 17.3 Å². The molecule has 0 fully saturated rings. The van der Waals surface area contributed by atoms with Crippen molar-refractivity contribution in [2.24, 2.45) is 5.10 Å². The standard InChI is InChI=1S/C22H23N5O2S/c1-15(2)16-8-10-17(11-9-16)23-19(28)14-30-22-25-24-20-21(29)26(12-13-27(20)22)18-6-4-3-5-7-18/h3-13,15,20,24H,14H2,1-2H3,(H,23,28). The Hall–Kier alpha value is -3.26. The van der Waals surface area contributed by atoms with E-state index in [0.717, 1.165) is 11.4 Å². The third-order valence-corrected chi connectivity index (χ3v) is 5.82. The highest BCUT2D eigenvalue weighted by Gasteiger charge is 2.38. The lowest BCUT2D eigenvalue weighted by molar-refractivity contribution is -0.122. The summed E-state index contributed by atoms with van der Waals surface area (Å²) in [6.45, 7) is 4.26. The second-order valence-corrected chi connectivity index (χ2v) is 8.23. The normalized spacial score (nSPS) is 17.6. The van der Waals surface area contributed by atoms with Crippen molar-refractivity contribution in [3.63, 3.8) is 0 Å². The van der Waals surface area contributed by atoms with Crippen molar-refractivity contribution in [2.75, 3.05) is 16.0 Å². The van der Waals surface area contributed by atoms with Crippen LogP contribution < -0.4 is 15.6 Å². The van der Waals surface area contributed by atoms with E-state index in [4.69, 9.17) is 0 Å². The minimum Gasteiger partial charge on any atom is -0.325 e. The van der Waals surface area contributed by atoms with Gasteiger partial charge < -0.3 is 5.32 Å². The van der Waals surface area contributed by atoms with Crippen LogP contribution in [0, 0.1) is 0 Å². The van der Waals surface area contributed by atoms with Crippen LogP contribution >= 0.6 is 11.8 Å². The molecule has 154 valence electrons. The maximum atomic E-state index is 12.8. The molecule has 1 atom stereocenters. The van der Waals surface area contributed by atoms with Gasteiger partial charge >= 0.3 is 0 Å². The Kier molecular flexibility index (Phi) is 5.76. The summed E-state index contributed by atoms with van der Waals surface area (Å²) in [5.41, 5.74) is 5.66. The molecule has 2 aromatic rings. The fraction of sp³-hybridized carbons (Fsp3) is 0.227. The largest absolute Gasteiger partial charge is 0.325 e. The number of carbonyl (C=O) groups excluding carboxylic acids is 2. The van der Waals surface area contributed by atoms with Crippen molar-refractivity contribution in [1.82, 2.24) is 10.3 Å². The maximum Gasteiger partial charge on any atom is 0.276 e. The average Bonchev–Trinajstić information content (AvgIpc) is 3.17. The van der Waals surface area contributed by atoms with Gasteiger partial charge in [0.2, 0.25) is 12.1 Å². The van der Waals surface area contributed by atoms with E-state index in [9.17, 15) is 9.59 Å². The fourth-order valence-electron chi connectivity index (χ4n) is 3.20. The highest BCUT2D eigenvalue weighted by Crippen LogP contribution is 2.25. The summed E-state index contributed by atoms with van der Waals surface area (Å²) >= 11 is 1.28. The molecule has 2 aliphatic heterocycles. The Morgan fingerprint density at radius 3 is 2.57 bits per heavy atom. The molecule has 0 aromatic heterocycles. The number of benzene rings is 2. The van der Waals surface area contributed by atoms with Crippen LogP contribution in [-0.2, 0) is 9.59 Å². The molecule has 4 rings (SSSR count). The van der Waals surface area contributed by atoms with E-state index < -0.39 is 6.17 Å². The smallest absolute Gasteiger partial charge is 0.276 e. The van der Waals surface area contributed by atoms with Crippen LogP contribution in [0.15, 0.2) is 72.1 Å². The number of nitrogens with one attached hydrogen (secondary N) is 2. The number of amidine groups is 1. The SMILES string of the molecule is CC(C)c1ccc(NC(=O)CSC2=NNC3C(=O)N(c4ccccc4)C=CN23)cc1. The highest BCUT2D eigenvalue weighted by molar-refractivity contribution is 8.14. The zero-order chi connectivity index (χ0) is 21.1. The van der Waals surface area contributed by atoms with Gasteiger partial charge in [0.1, 0.15) is 0 Å². The Morgan fingerprint density at radius 1 is 1.13 bits per heavy atom. The third-order valence-electron chi connectivity index (χ3n) is 4.86. The van der Waals surface area contributed by atoms with E-state index in [1.54, 1.807) is 22.2 Å². The summed E-state index contributed by atoms with van der Waals surface area (Å²) in [6.07, 6.45) is 2.91. The molecule has 2 aromatic carbocycles. The van der Waals surface area contributed by atoms with Crippen LogP contribution in [-0.4, -0.2) is 33.8 Å². The summed E-state index contributed by atoms with van der Waals surface area (Å²) in [7, 11) is 0. The van der Waals surface area contributed by atoms with Crippen LogP contribution in [0.25, 0.3) is 0 Å². The summed E-state index contributed by atoms with van der Waals surface area (Å²) in [5.74, 6) is 0.392. The average molecular weight is 422 g/mol. The molecule has 0 saturated carbocycles. The summed E-state index contributed by atoms with van der Waals surface area (Å²) in [5, 5.41) is 7.73. The molecule has 0 radical (unpaired) electrons. The maximum absolute atomic E-state index is 12.8. The third kappa shape index (κ3) is 4.18. The zero-order valence-corrected chi connectivity index (χ0v) is 17.6. The molecule has 30 heavy (non-hydrogen) atoms. The second-order valence-electron chi connectivity index (χ2n) is 7.29. The number of hydrazone groups is 1. The van der Waals surface area contributed by atoms with Crippen molar-refractivity contribution in [3.05, 3.63) is 72.6 Å². The van der Waals surface area contributed by atoms with Gasteiger partial charge in [-0.15, -0.1) is 0 Å². The number of hydrogen-bond donors (Lipinski definition) is 2. The second kappa shape index (κ2) is 8.62. The summed E-state index contributed by atoms with van der Waals surface area (Å²) in [6, 6.07) is 17.3. The van der Waals surface area contributed by atoms with E-state index in [2.05, 4.69) is 29.7 Å². The lowest BCUT2D eigenvalue weighted by Crippen LogP contribution is -2.52. The van der Waals surface area contributed by atoms with Gasteiger partial charge in [-0.2, -0.15) is 5.10 Å². The minimum atomic E-state index is -0.607. The van der Waals surface area contributed by atoms with E-state index in [-0.39, 0.29) is 17.6 Å². The first-order chi connectivity index (χ1) is 14.5. The molecule has 7 nitrogen and oxygen atoms in total. The predicted octanol–water partition coefficient (Wildman–Crippen LogP) is 3.50. The van der Waals surface area contributed by atoms with Gasteiger partial charge in [-0.25, -0.2) is 0 Å². The molecule has 1 unspecified atom stereocenters. The number of carbonyl (C=O) groups is 2. The van der Waals surface area contributed by atoms with Gasteiger partial charge in [0, 0.05) is 23.8 Å². The molecule has 2 N–H and O–H groups in total. The van der Waals surface area contributed by atoms with Crippen LogP contribution in [0.1, 0.15) is 25.3 Å². The van der Waals surface area contributed by atoms with Crippen molar-refractivity contribution >= 4 is 40.1 Å². The lowest BCUT2D eigenvalue weighted by atomic mass is 10.0. The van der Waals surface area contributed by atoms with E-state index in [0.29, 0.717) is 11.1 Å². The first-order valence-electron chi connectivity index (χ1n) is 9.73. The Balaban J connectivity index is 1.34. The van der Waals surface area contributed by atoms with Gasteiger partial charge in [-0.3, -0.25) is 24.8 Å².